The summed E-state index contributed by atoms with van der Waals surface area (Å²) in [5, 5.41) is 127. The zero-order chi connectivity index (χ0) is 74.5. The predicted octanol–water partition coefficient (Wildman–Crippen LogP) is 0.748. The summed E-state index contributed by atoms with van der Waals surface area (Å²) in [4.78, 5) is 180. The summed E-state index contributed by atoms with van der Waals surface area (Å²) in [6.45, 7) is -2.78. The lowest BCUT2D eigenvalue weighted by atomic mass is 9.43. The number of amides is 3. The van der Waals surface area contributed by atoms with Crippen LogP contribution in [0.1, 0.15) is 121 Å². The van der Waals surface area contributed by atoms with Crippen LogP contribution < -0.4 is 16.0 Å². The number of aliphatic hydroxyl groups is 1. The summed E-state index contributed by atoms with van der Waals surface area (Å²) in [6.07, 6.45) is 3.74. The molecule has 0 bridgehead atoms. The van der Waals surface area contributed by atoms with E-state index in [2.05, 4.69) is 36.7 Å². The van der Waals surface area contributed by atoms with Crippen molar-refractivity contribution in [2.75, 3.05) is 115 Å². The van der Waals surface area contributed by atoms with Crippen molar-refractivity contribution in [2.45, 2.75) is 135 Å². The maximum atomic E-state index is 14.7. The summed E-state index contributed by atoms with van der Waals surface area (Å²) in [6, 6.07) is 0.171. The van der Waals surface area contributed by atoms with Gasteiger partial charge in [0.25, 0.3) is 5.91 Å². The van der Waals surface area contributed by atoms with E-state index in [1.165, 1.54) is 28.0 Å². The van der Waals surface area contributed by atoms with Crippen molar-refractivity contribution in [3.8, 4) is 0 Å². The fourth-order valence-electron chi connectivity index (χ4n) is 16.3. The maximum absolute atomic E-state index is 14.7. The third-order valence-electron chi connectivity index (χ3n) is 20.9. The highest BCUT2D eigenvalue weighted by Crippen LogP contribution is 2.68. The number of nitrogens with one attached hydrogen (secondary N) is 3. The van der Waals surface area contributed by atoms with Crippen LogP contribution in [0.4, 0.5) is 11.4 Å². The molecule has 0 spiro atoms. The van der Waals surface area contributed by atoms with Gasteiger partial charge >= 0.3 is 65.7 Å². The molecule has 558 valence electrons. The molecule has 1 aromatic rings. The molecule has 12 atom stereocenters. The van der Waals surface area contributed by atoms with Gasteiger partial charge in [-0.25, -0.2) is 0 Å². The molecule has 0 heterocycles. The molecular weight excluding hydrogens is 1320 g/mol. The van der Waals surface area contributed by atoms with E-state index in [4.69, 9.17) is 0 Å². The smallest absolute Gasteiger partial charge is 0.320 e. The number of fused-ring (bicyclic) bond motifs is 5. The predicted molar refractivity (Wildman–Crippen MR) is 349 cm³/mol. The lowest BCUT2D eigenvalue weighted by Gasteiger charge is -2.62. The number of benzene rings is 1. The first-order valence-corrected chi connectivity index (χ1v) is 33.4. The minimum Gasteiger partial charge on any atom is -0.481 e. The van der Waals surface area contributed by atoms with Gasteiger partial charge in [-0.3, -0.25) is 96.5 Å². The minimum absolute atomic E-state index is 0.0559. The van der Waals surface area contributed by atoms with E-state index in [-0.39, 0.29) is 122 Å². The van der Waals surface area contributed by atoms with Crippen LogP contribution in [0.2, 0.25) is 0 Å². The summed E-state index contributed by atoms with van der Waals surface area (Å²) >= 11 is 0. The second kappa shape index (κ2) is 37.8. The fourth-order valence-corrected chi connectivity index (χ4v) is 16.3. The van der Waals surface area contributed by atoms with Crippen molar-refractivity contribution >= 4 is 94.8 Å². The Hall–Kier alpha value is -8.48. The third kappa shape index (κ3) is 24.7. The molecule has 0 aromatic heterocycles. The Morgan fingerprint density at radius 1 is 0.460 bits per heavy atom. The molecule has 100 heavy (non-hydrogen) atoms. The van der Waals surface area contributed by atoms with Crippen molar-refractivity contribution in [3.63, 3.8) is 0 Å². The highest BCUT2D eigenvalue weighted by Gasteiger charge is 2.64. The number of carbonyl (C=O) groups excluding carboxylic acids is 3. The Bertz CT molecular complexity index is 2860. The second-order valence-corrected chi connectivity index (χ2v) is 27.6. The monoisotopic (exact) mass is 1420 g/mol. The Morgan fingerprint density at radius 3 is 1.21 bits per heavy atom. The van der Waals surface area contributed by atoms with Crippen LogP contribution in [0.3, 0.4) is 0 Å². The number of hydrogen-bond donors (Lipinski definition) is 15. The molecule has 35 nitrogen and oxygen atoms in total. The molecule has 4 aliphatic rings. The first-order valence-electron chi connectivity index (χ1n) is 33.4. The number of carboxylic acid groups (broad SMARTS) is 11. The van der Waals surface area contributed by atoms with Crippen molar-refractivity contribution < 1.29 is 128 Å². The number of aliphatic carboxylic acids is 11. The van der Waals surface area contributed by atoms with Crippen LogP contribution in [-0.4, -0.2) is 303 Å². The number of carbonyl (C=O) groups is 14. The van der Waals surface area contributed by atoms with Gasteiger partial charge in [0, 0.05) is 94.6 Å². The average molecular weight is 1420 g/mol. The van der Waals surface area contributed by atoms with Gasteiger partial charge in [-0.2, -0.15) is 0 Å². The van der Waals surface area contributed by atoms with Crippen LogP contribution in [0, 0.1) is 46.3 Å². The van der Waals surface area contributed by atoms with Gasteiger partial charge in [0.05, 0.1) is 58.5 Å². The van der Waals surface area contributed by atoms with E-state index < -0.39 is 180 Å². The molecular formula is C65H97N9O26. The fraction of sp³-hybridized carbons (Fsp3) is 0.692. The molecule has 4 saturated carbocycles. The van der Waals surface area contributed by atoms with Crippen LogP contribution >= 0.6 is 0 Å². The highest BCUT2D eigenvalue weighted by atomic mass is 16.4. The van der Waals surface area contributed by atoms with Crippen LogP contribution in [0.5, 0.6) is 0 Å². The molecule has 1 aromatic carbocycles. The highest BCUT2D eigenvalue weighted by molar-refractivity contribution is 6.01. The van der Waals surface area contributed by atoms with E-state index in [0.29, 0.717) is 38.0 Å². The third-order valence-corrected chi connectivity index (χ3v) is 20.9. The number of anilines is 2. The van der Waals surface area contributed by atoms with Crippen molar-refractivity contribution in [2.24, 2.45) is 46.3 Å². The number of rotatable bonds is 46. The van der Waals surface area contributed by atoms with Crippen LogP contribution in [0.15, 0.2) is 18.2 Å². The summed E-state index contributed by atoms with van der Waals surface area (Å²) < 4.78 is 0. The Balaban J connectivity index is 1.43. The number of nitrogens with zero attached hydrogens (tertiary/aromatic N) is 6. The summed E-state index contributed by atoms with van der Waals surface area (Å²) in [7, 11) is 0. The van der Waals surface area contributed by atoms with Gasteiger partial charge in [-0.05, 0) is 135 Å². The molecule has 0 radical (unpaired) electrons. The van der Waals surface area contributed by atoms with Gasteiger partial charge in [0.1, 0.15) is 12.1 Å². The minimum atomic E-state index is -1.63. The molecule has 5 rings (SSSR count). The molecule has 6 unspecified atom stereocenters. The molecule has 35 heteroatoms. The first kappa shape index (κ1) is 82.2. The van der Waals surface area contributed by atoms with Crippen LogP contribution in [-0.2, 0) is 62.3 Å². The Kier molecular flexibility index (Phi) is 31.1. The standard InChI is InChI=1S/C65H97N9O26/c1-37(4-13-52(78)79)44-7-8-45-43-6-5-39-26-40(14-15-64(39,2)46(43)28-49(75)65(44,45)3)68-61(96)38-24-41(66-50(76)11-9-47(62(97)98)73(20-16-69(29-53(80)81)30-54(82)83)21-17-70(31-55(84)85)32-56(86)87)27-42(25-38)67-51(77)12-10-48(63(99)100)74(22-18-71(33-57(88)89)34-58(90)91)23-19-72(35-59(92)93)36-60(94)95/h24-25,27,37,39-40,43-49,75H,4-23,26,28-36H2,1-3H3,(H,66,76)(H,67,77)(H,68,96)(H,78,79)(H,80,81)(H,82,83)(H,84,85)(H,86,87)(H,88,89)(H,90,91)(H,92,93)(H,94,95)(H,97,98)(H,99,100)/t37?,39?,40-,43?,44?,45?,46?,47+,48+,49+,64+,65-/m1/s1. The van der Waals surface area contributed by atoms with Gasteiger partial charge < -0.3 is 77.2 Å². The summed E-state index contributed by atoms with van der Waals surface area (Å²) in [5.74, 6) is -16.5. The second-order valence-electron chi connectivity index (χ2n) is 27.6. The Morgan fingerprint density at radius 2 is 0.850 bits per heavy atom. The zero-order valence-corrected chi connectivity index (χ0v) is 56.5. The number of carboxylic acids is 11. The quantitative estimate of drug-likeness (QED) is 0.0428. The number of hydrogen-bond acceptors (Lipinski definition) is 21. The SMILES string of the molecule is CC(CCC(=O)O)C1CCC2C3CCC4C[C@H](NC(=O)c5cc(NC(=O)CC[C@@H](C(=O)O)N(CCN(CC(=O)O)CC(=O)O)CCN(CC(=O)O)CC(=O)O)cc(NC(=O)CC[C@@H](C(=O)O)N(CCN(CC(=O)O)CC(=O)O)CCN(CC(=O)O)CC(=O)O)c5)CC[C@]4(C)C3C[C@H](O)[C@]12C. The topological polar surface area (TPSA) is 537 Å². The normalized spacial score (nSPS) is 23.4. The van der Waals surface area contributed by atoms with Crippen molar-refractivity contribution in [1.29, 1.82) is 0 Å². The zero-order valence-electron chi connectivity index (χ0n) is 56.5. The lowest BCUT2D eigenvalue weighted by molar-refractivity contribution is -0.169. The summed E-state index contributed by atoms with van der Waals surface area (Å²) in [5.41, 5.74) is -0.907. The van der Waals surface area contributed by atoms with Gasteiger partial charge in [-0.1, -0.05) is 20.8 Å². The Labute approximate surface area is 576 Å². The van der Waals surface area contributed by atoms with Gasteiger partial charge in [-0.15, -0.1) is 0 Å². The maximum Gasteiger partial charge on any atom is 0.320 e. The first-order chi connectivity index (χ1) is 46.9. The van der Waals surface area contributed by atoms with E-state index in [1.54, 1.807) is 0 Å². The van der Waals surface area contributed by atoms with Gasteiger partial charge in [0.2, 0.25) is 11.8 Å². The largest absolute Gasteiger partial charge is 0.481 e. The van der Waals surface area contributed by atoms with Crippen LogP contribution in [0.25, 0.3) is 0 Å². The molecule has 0 saturated heterocycles. The molecule has 15 N–H and O–H groups in total. The van der Waals surface area contributed by atoms with E-state index in [1.807, 2.05) is 0 Å². The van der Waals surface area contributed by atoms with E-state index in [9.17, 15) is 128 Å². The molecule has 4 fully saturated rings. The molecule has 0 aliphatic heterocycles. The molecule has 4 aliphatic carbocycles. The number of aliphatic hydroxyl groups excluding tert-OH is 1. The van der Waals surface area contributed by atoms with Crippen molar-refractivity contribution in [1.82, 2.24) is 34.7 Å². The van der Waals surface area contributed by atoms with E-state index in [0.717, 1.165) is 45.3 Å². The molecule has 3 amide bonds. The van der Waals surface area contributed by atoms with Gasteiger partial charge in [0.15, 0.2) is 0 Å². The van der Waals surface area contributed by atoms with E-state index >= 15 is 0 Å². The lowest BCUT2D eigenvalue weighted by Crippen LogP contribution is -2.59. The average Bonchev–Trinajstić information content (AvgIpc) is 1.38. The van der Waals surface area contributed by atoms with Crippen molar-refractivity contribution in [3.05, 3.63) is 23.8 Å².